The Balaban J connectivity index is 1.57. The van der Waals surface area contributed by atoms with Crippen LogP contribution in [-0.4, -0.2) is 34.8 Å². The average Bonchev–Trinajstić information content (AvgIpc) is 2.66. The van der Waals surface area contributed by atoms with Gasteiger partial charge in [-0.25, -0.2) is 9.97 Å². The summed E-state index contributed by atoms with van der Waals surface area (Å²) in [7, 11) is 0. The maximum atomic E-state index is 10.0. The van der Waals surface area contributed by atoms with Crippen LogP contribution in [0.3, 0.4) is 0 Å². The molecule has 1 aromatic heterocycles. The van der Waals surface area contributed by atoms with Crippen molar-refractivity contribution in [2.75, 3.05) is 36.1 Å². The van der Waals surface area contributed by atoms with Gasteiger partial charge in [-0.1, -0.05) is 30.3 Å². The van der Waals surface area contributed by atoms with E-state index in [0.717, 1.165) is 45.2 Å². The SMILES string of the molecule is Nc1ncnc(N2CCC(CO)(CCCc3ccccc3)CC2)c1N. The third-order valence-corrected chi connectivity index (χ3v) is 5.37. The molecule has 0 saturated carbocycles. The van der Waals surface area contributed by atoms with Gasteiger partial charge in [0.05, 0.1) is 0 Å². The van der Waals surface area contributed by atoms with Crippen LogP contribution in [0.15, 0.2) is 36.7 Å². The zero-order valence-electron chi connectivity index (χ0n) is 14.6. The minimum Gasteiger partial charge on any atom is -0.396 e. The number of aliphatic hydroxyl groups excluding tert-OH is 1. The summed E-state index contributed by atoms with van der Waals surface area (Å²) in [5.41, 5.74) is 13.6. The summed E-state index contributed by atoms with van der Waals surface area (Å²) in [5, 5.41) is 10.0. The van der Waals surface area contributed by atoms with Gasteiger partial charge in [0.25, 0.3) is 0 Å². The molecule has 1 saturated heterocycles. The van der Waals surface area contributed by atoms with E-state index in [1.165, 1.54) is 11.9 Å². The van der Waals surface area contributed by atoms with Gasteiger partial charge in [-0.2, -0.15) is 0 Å². The van der Waals surface area contributed by atoms with Crippen LogP contribution in [0, 0.1) is 5.41 Å². The Morgan fingerprint density at radius 2 is 1.80 bits per heavy atom. The highest BCUT2D eigenvalue weighted by molar-refractivity contribution is 5.73. The Kier molecular flexibility index (Phi) is 5.38. The number of aliphatic hydroxyl groups is 1. The summed E-state index contributed by atoms with van der Waals surface area (Å²) in [4.78, 5) is 10.4. The third kappa shape index (κ3) is 4.02. The van der Waals surface area contributed by atoms with Crippen LogP contribution in [0.5, 0.6) is 0 Å². The molecule has 5 N–H and O–H groups in total. The largest absolute Gasteiger partial charge is 0.396 e. The summed E-state index contributed by atoms with van der Waals surface area (Å²) < 4.78 is 0. The van der Waals surface area contributed by atoms with Crippen molar-refractivity contribution < 1.29 is 5.11 Å². The van der Waals surface area contributed by atoms with E-state index >= 15 is 0 Å². The first-order valence-corrected chi connectivity index (χ1v) is 8.89. The van der Waals surface area contributed by atoms with Crippen molar-refractivity contribution in [3.8, 4) is 0 Å². The average molecular weight is 341 g/mol. The minimum absolute atomic E-state index is 0.00137. The highest BCUT2D eigenvalue weighted by Gasteiger charge is 2.34. The lowest BCUT2D eigenvalue weighted by atomic mass is 9.75. The number of aryl methyl sites for hydroxylation is 1. The van der Waals surface area contributed by atoms with Crippen molar-refractivity contribution in [3.05, 3.63) is 42.2 Å². The molecular weight excluding hydrogens is 314 g/mol. The lowest BCUT2D eigenvalue weighted by Crippen LogP contribution is -2.42. The lowest BCUT2D eigenvalue weighted by Gasteiger charge is -2.41. The summed E-state index contributed by atoms with van der Waals surface area (Å²) in [5.74, 6) is 1.04. The van der Waals surface area contributed by atoms with Crippen molar-refractivity contribution in [1.82, 2.24) is 9.97 Å². The molecule has 25 heavy (non-hydrogen) atoms. The molecule has 2 aromatic rings. The van der Waals surface area contributed by atoms with E-state index in [4.69, 9.17) is 11.5 Å². The van der Waals surface area contributed by atoms with Gasteiger partial charge >= 0.3 is 0 Å². The van der Waals surface area contributed by atoms with Crippen LogP contribution >= 0.6 is 0 Å². The van der Waals surface area contributed by atoms with E-state index in [0.29, 0.717) is 17.3 Å². The van der Waals surface area contributed by atoms with Crippen LogP contribution in [0.4, 0.5) is 17.3 Å². The molecule has 1 aliphatic rings. The normalized spacial score (nSPS) is 16.8. The smallest absolute Gasteiger partial charge is 0.157 e. The maximum Gasteiger partial charge on any atom is 0.157 e. The Labute approximate surface area is 148 Å². The zero-order valence-corrected chi connectivity index (χ0v) is 14.6. The van der Waals surface area contributed by atoms with E-state index in [9.17, 15) is 5.11 Å². The lowest BCUT2D eigenvalue weighted by molar-refractivity contribution is 0.0849. The van der Waals surface area contributed by atoms with Gasteiger partial charge in [-0.05, 0) is 43.1 Å². The number of nitrogens with zero attached hydrogens (tertiary/aromatic N) is 3. The van der Waals surface area contributed by atoms with Crippen molar-refractivity contribution in [2.45, 2.75) is 32.1 Å². The number of hydrogen-bond acceptors (Lipinski definition) is 6. The number of hydrogen-bond donors (Lipinski definition) is 3. The van der Waals surface area contributed by atoms with Crippen LogP contribution < -0.4 is 16.4 Å². The van der Waals surface area contributed by atoms with Gasteiger partial charge in [0.1, 0.15) is 12.0 Å². The molecule has 1 aromatic carbocycles. The first kappa shape index (κ1) is 17.5. The monoisotopic (exact) mass is 341 g/mol. The molecule has 3 rings (SSSR count). The summed E-state index contributed by atoms with van der Waals surface area (Å²) in [6.45, 7) is 1.89. The van der Waals surface area contributed by atoms with Crippen molar-refractivity contribution in [3.63, 3.8) is 0 Å². The van der Waals surface area contributed by atoms with Gasteiger partial charge in [0.2, 0.25) is 0 Å². The molecule has 6 heteroatoms. The number of benzene rings is 1. The van der Waals surface area contributed by atoms with Crippen LogP contribution in [0.2, 0.25) is 0 Å². The number of rotatable bonds is 6. The van der Waals surface area contributed by atoms with Gasteiger partial charge in [0, 0.05) is 19.7 Å². The van der Waals surface area contributed by atoms with Crippen LogP contribution in [0.25, 0.3) is 0 Å². The first-order valence-electron chi connectivity index (χ1n) is 8.89. The molecule has 2 heterocycles. The molecule has 0 unspecified atom stereocenters. The van der Waals surface area contributed by atoms with Gasteiger partial charge < -0.3 is 21.5 Å². The summed E-state index contributed by atoms with van der Waals surface area (Å²) >= 11 is 0. The fourth-order valence-corrected chi connectivity index (χ4v) is 3.64. The molecule has 0 atom stereocenters. The second-order valence-corrected chi connectivity index (χ2v) is 6.98. The van der Waals surface area contributed by atoms with Crippen LogP contribution in [-0.2, 0) is 6.42 Å². The number of piperidine rings is 1. The molecule has 1 fully saturated rings. The van der Waals surface area contributed by atoms with E-state index in [-0.39, 0.29) is 12.0 Å². The quantitative estimate of drug-likeness (QED) is 0.745. The Morgan fingerprint density at radius 1 is 1.08 bits per heavy atom. The molecule has 6 nitrogen and oxygen atoms in total. The fourth-order valence-electron chi connectivity index (χ4n) is 3.64. The topological polar surface area (TPSA) is 101 Å². The number of aromatic nitrogens is 2. The van der Waals surface area contributed by atoms with E-state index in [2.05, 4.69) is 39.1 Å². The second-order valence-electron chi connectivity index (χ2n) is 6.98. The maximum absolute atomic E-state index is 10.0. The van der Waals surface area contributed by atoms with Gasteiger partial charge in [-0.3, -0.25) is 0 Å². The standard InChI is InChI=1S/C19H27N5O/c20-16-17(21)22-14-23-18(16)24-11-9-19(13-25,10-12-24)8-4-7-15-5-2-1-3-6-15/h1-3,5-6,14,25H,4,7-13,20H2,(H2,21,22,23). The van der Waals surface area contributed by atoms with Crippen molar-refractivity contribution in [2.24, 2.45) is 5.41 Å². The molecular formula is C19H27N5O. The highest BCUT2D eigenvalue weighted by Crippen LogP contribution is 2.38. The molecule has 0 amide bonds. The number of nitrogens with two attached hydrogens (primary N) is 2. The van der Waals surface area contributed by atoms with Crippen molar-refractivity contribution >= 4 is 17.3 Å². The van der Waals surface area contributed by atoms with Gasteiger partial charge in [0.15, 0.2) is 11.6 Å². The Morgan fingerprint density at radius 3 is 2.48 bits per heavy atom. The summed E-state index contributed by atoms with van der Waals surface area (Å²) in [6.07, 6.45) is 6.50. The van der Waals surface area contributed by atoms with Crippen molar-refractivity contribution in [1.29, 1.82) is 0 Å². The molecule has 0 radical (unpaired) electrons. The first-order chi connectivity index (χ1) is 12.1. The number of nitrogen functional groups attached to an aromatic ring is 2. The Bertz CT molecular complexity index is 683. The molecule has 134 valence electrons. The fraction of sp³-hybridized carbons (Fsp3) is 0.474. The second kappa shape index (κ2) is 7.70. The zero-order chi connectivity index (χ0) is 17.7. The molecule has 1 aliphatic heterocycles. The Hall–Kier alpha value is -2.34. The van der Waals surface area contributed by atoms with E-state index < -0.39 is 0 Å². The van der Waals surface area contributed by atoms with Gasteiger partial charge in [-0.15, -0.1) is 0 Å². The van der Waals surface area contributed by atoms with Crippen LogP contribution in [0.1, 0.15) is 31.2 Å². The third-order valence-electron chi connectivity index (χ3n) is 5.37. The highest BCUT2D eigenvalue weighted by atomic mass is 16.3. The molecule has 0 bridgehead atoms. The molecule has 0 spiro atoms. The number of anilines is 3. The predicted octanol–water partition coefficient (Wildman–Crippen LogP) is 2.24. The minimum atomic E-state index is -0.00137. The predicted molar refractivity (Wildman–Crippen MR) is 101 cm³/mol. The molecule has 0 aliphatic carbocycles. The van der Waals surface area contributed by atoms with E-state index in [1.54, 1.807) is 0 Å². The van der Waals surface area contributed by atoms with E-state index in [1.807, 2.05) is 6.07 Å². The summed E-state index contributed by atoms with van der Waals surface area (Å²) in [6, 6.07) is 10.5.